The molecule has 0 aliphatic carbocycles. The lowest BCUT2D eigenvalue weighted by molar-refractivity contribution is -0.110. The second-order valence-corrected chi connectivity index (χ2v) is 6.61. The van der Waals surface area contributed by atoms with Gasteiger partial charge in [-0.15, -0.1) is 0 Å². The van der Waals surface area contributed by atoms with Gasteiger partial charge in [-0.05, 0) is 48.9 Å². The molecule has 0 aromatic heterocycles. The van der Waals surface area contributed by atoms with Crippen LogP contribution in [0.1, 0.15) is 18.1 Å². The van der Waals surface area contributed by atoms with E-state index in [-0.39, 0.29) is 5.91 Å². The summed E-state index contributed by atoms with van der Waals surface area (Å²) >= 11 is 0. The fourth-order valence-corrected chi connectivity index (χ4v) is 3.43. The maximum atomic E-state index is 12.6. The fourth-order valence-electron chi connectivity index (χ4n) is 3.43. The normalized spacial score (nSPS) is 13.9. The molecular formula is C24H22N2O2. The minimum Gasteiger partial charge on any atom is -0.494 e. The van der Waals surface area contributed by atoms with E-state index in [0.29, 0.717) is 12.2 Å². The Labute approximate surface area is 165 Å². The molecule has 1 aliphatic heterocycles. The molecule has 4 rings (SSSR count). The van der Waals surface area contributed by atoms with Crippen LogP contribution in [-0.4, -0.2) is 19.6 Å². The number of carbonyl (C=O) groups is 1. The average molecular weight is 370 g/mol. The summed E-state index contributed by atoms with van der Waals surface area (Å²) in [5.74, 6) is 0.660. The quantitative estimate of drug-likeness (QED) is 0.616. The number of ether oxygens (including phenoxy) is 1. The monoisotopic (exact) mass is 370 g/mol. The van der Waals surface area contributed by atoms with E-state index < -0.39 is 0 Å². The van der Waals surface area contributed by atoms with Crippen molar-refractivity contribution in [3.63, 3.8) is 0 Å². The molecule has 0 unspecified atom stereocenters. The summed E-state index contributed by atoms with van der Waals surface area (Å²) in [4.78, 5) is 14.7. The predicted molar refractivity (Wildman–Crippen MR) is 115 cm³/mol. The van der Waals surface area contributed by atoms with Crippen molar-refractivity contribution >= 4 is 34.6 Å². The van der Waals surface area contributed by atoms with E-state index in [0.717, 1.165) is 33.9 Å². The first-order valence-corrected chi connectivity index (χ1v) is 9.35. The molecule has 0 fully saturated rings. The smallest absolute Gasteiger partial charge is 0.256 e. The lowest BCUT2D eigenvalue weighted by Crippen LogP contribution is -2.11. The van der Waals surface area contributed by atoms with Gasteiger partial charge in [0, 0.05) is 35.6 Å². The number of hydrogen-bond acceptors (Lipinski definition) is 3. The van der Waals surface area contributed by atoms with E-state index in [9.17, 15) is 4.79 Å². The first kappa shape index (κ1) is 17.9. The van der Waals surface area contributed by atoms with Crippen LogP contribution in [-0.2, 0) is 4.79 Å². The average Bonchev–Trinajstić information content (AvgIpc) is 3.03. The molecule has 140 valence electrons. The third kappa shape index (κ3) is 3.37. The van der Waals surface area contributed by atoms with Gasteiger partial charge in [-0.25, -0.2) is 0 Å². The largest absolute Gasteiger partial charge is 0.494 e. The van der Waals surface area contributed by atoms with Crippen molar-refractivity contribution in [1.82, 2.24) is 0 Å². The van der Waals surface area contributed by atoms with Gasteiger partial charge in [0.25, 0.3) is 5.91 Å². The second-order valence-electron chi connectivity index (χ2n) is 6.61. The fraction of sp³-hybridized carbons (Fsp3) is 0.125. The van der Waals surface area contributed by atoms with E-state index in [4.69, 9.17) is 4.74 Å². The van der Waals surface area contributed by atoms with Crippen LogP contribution < -0.4 is 15.0 Å². The zero-order chi connectivity index (χ0) is 19.5. The van der Waals surface area contributed by atoms with Gasteiger partial charge >= 0.3 is 0 Å². The second kappa shape index (κ2) is 7.61. The number of nitrogens with zero attached hydrogens (tertiary/aromatic N) is 1. The summed E-state index contributed by atoms with van der Waals surface area (Å²) in [6, 6.07) is 24.0. The first-order chi connectivity index (χ1) is 13.7. The number of fused-ring (bicyclic) bond motifs is 1. The lowest BCUT2D eigenvalue weighted by atomic mass is 10.0. The summed E-state index contributed by atoms with van der Waals surface area (Å²) in [5.41, 5.74) is 5.45. The van der Waals surface area contributed by atoms with Crippen molar-refractivity contribution < 1.29 is 9.53 Å². The Hall–Kier alpha value is -3.53. The zero-order valence-corrected chi connectivity index (χ0v) is 16.0. The van der Waals surface area contributed by atoms with Crippen molar-refractivity contribution in [3.8, 4) is 5.75 Å². The Kier molecular flexibility index (Phi) is 4.85. The number of nitrogens with one attached hydrogen (secondary N) is 1. The summed E-state index contributed by atoms with van der Waals surface area (Å²) in [5, 5.41) is 2.95. The summed E-state index contributed by atoms with van der Waals surface area (Å²) in [6.07, 6.45) is 1.95. The van der Waals surface area contributed by atoms with Crippen molar-refractivity contribution in [2.45, 2.75) is 6.92 Å². The highest BCUT2D eigenvalue weighted by Crippen LogP contribution is 2.37. The molecule has 3 aromatic rings. The van der Waals surface area contributed by atoms with Crippen molar-refractivity contribution in [2.24, 2.45) is 0 Å². The van der Waals surface area contributed by atoms with Crippen molar-refractivity contribution in [3.05, 3.63) is 83.9 Å². The van der Waals surface area contributed by atoms with Gasteiger partial charge in [0.05, 0.1) is 12.3 Å². The van der Waals surface area contributed by atoms with Crippen LogP contribution in [0.4, 0.5) is 17.1 Å². The highest BCUT2D eigenvalue weighted by atomic mass is 16.5. The van der Waals surface area contributed by atoms with E-state index in [2.05, 4.69) is 28.4 Å². The van der Waals surface area contributed by atoms with Gasteiger partial charge in [-0.3, -0.25) is 4.79 Å². The first-order valence-electron chi connectivity index (χ1n) is 9.35. The number of rotatable bonds is 5. The van der Waals surface area contributed by atoms with Crippen LogP contribution in [0.15, 0.2) is 72.8 Å². The molecule has 0 bridgehead atoms. The molecule has 0 atom stereocenters. The molecule has 0 spiro atoms. The third-order valence-corrected chi connectivity index (χ3v) is 4.83. The third-order valence-electron chi connectivity index (χ3n) is 4.83. The molecular weight excluding hydrogens is 348 g/mol. The van der Waals surface area contributed by atoms with Crippen molar-refractivity contribution in [2.75, 3.05) is 23.9 Å². The number of carbonyl (C=O) groups excluding carboxylic acids is 1. The zero-order valence-electron chi connectivity index (χ0n) is 16.0. The molecule has 4 heteroatoms. The van der Waals surface area contributed by atoms with Crippen LogP contribution in [0.5, 0.6) is 5.75 Å². The molecule has 1 amide bonds. The molecule has 28 heavy (non-hydrogen) atoms. The molecule has 1 aliphatic rings. The minimum atomic E-state index is -0.0965. The van der Waals surface area contributed by atoms with Gasteiger partial charge in [-0.2, -0.15) is 0 Å². The maximum Gasteiger partial charge on any atom is 0.256 e. The van der Waals surface area contributed by atoms with E-state index in [1.807, 2.05) is 74.6 Å². The van der Waals surface area contributed by atoms with E-state index >= 15 is 0 Å². The van der Waals surface area contributed by atoms with Gasteiger partial charge in [0.1, 0.15) is 5.75 Å². The highest BCUT2D eigenvalue weighted by Gasteiger charge is 2.25. The van der Waals surface area contributed by atoms with Crippen LogP contribution >= 0.6 is 0 Å². The SMILES string of the molecule is CCOc1ccc2c(c1)NC(=O)C2=Cc1ccccc1N(C)c1ccccc1. The minimum absolute atomic E-state index is 0.0965. The molecule has 4 nitrogen and oxygen atoms in total. The summed E-state index contributed by atoms with van der Waals surface area (Å²) < 4.78 is 5.54. The molecule has 0 saturated heterocycles. The van der Waals surface area contributed by atoms with Gasteiger partial charge in [0.15, 0.2) is 0 Å². The van der Waals surface area contributed by atoms with E-state index in [1.54, 1.807) is 0 Å². The molecule has 1 heterocycles. The highest BCUT2D eigenvalue weighted by molar-refractivity contribution is 6.35. The number of amides is 1. The number of anilines is 3. The van der Waals surface area contributed by atoms with Gasteiger partial charge in [0.2, 0.25) is 0 Å². The van der Waals surface area contributed by atoms with Crippen molar-refractivity contribution in [1.29, 1.82) is 0 Å². The topological polar surface area (TPSA) is 41.6 Å². The van der Waals surface area contributed by atoms with E-state index in [1.165, 1.54) is 0 Å². The maximum absolute atomic E-state index is 12.6. The Balaban J connectivity index is 1.74. The van der Waals surface area contributed by atoms with Crippen LogP contribution in [0.2, 0.25) is 0 Å². The van der Waals surface area contributed by atoms with Crippen LogP contribution in [0, 0.1) is 0 Å². The van der Waals surface area contributed by atoms with Crippen LogP contribution in [0.25, 0.3) is 11.6 Å². The Morgan fingerprint density at radius 1 is 1.00 bits per heavy atom. The van der Waals surface area contributed by atoms with Crippen LogP contribution in [0.3, 0.4) is 0 Å². The predicted octanol–water partition coefficient (Wildman–Crippen LogP) is 5.35. The van der Waals surface area contributed by atoms with Gasteiger partial charge < -0.3 is 15.0 Å². The number of para-hydroxylation sites is 2. The van der Waals surface area contributed by atoms with Gasteiger partial charge in [-0.1, -0.05) is 36.4 Å². The summed E-state index contributed by atoms with van der Waals surface area (Å²) in [7, 11) is 2.03. The molecule has 1 N–H and O–H groups in total. The number of benzene rings is 3. The summed E-state index contributed by atoms with van der Waals surface area (Å²) in [6.45, 7) is 2.53. The molecule has 3 aromatic carbocycles. The Morgan fingerprint density at radius 2 is 1.75 bits per heavy atom. The Morgan fingerprint density at radius 3 is 2.54 bits per heavy atom. The number of hydrogen-bond donors (Lipinski definition) is 1. The molecule has 0 radical (unpaired) electrons. The molecule has 0 saturated carbocycles. The standard InChI is InChI=1S/C24H22N2O2/c1-3-28-19-13-14-20-21(24(27)25-22(20)16-19)15-17-9-7-8-12-23(17)26(2)18-10-5-4-6-11-18/h4-16H,3H2,1-2H3,(H,25,27). The lowest BCUT2D eigenvalue weighted by Gasteiger charge is -2.21. The Bertz CT molecular complexity index is 1040.